The molecule has 1 fully saturated rings. The van der Waals surface area contributed by atoms with Crippen LogP contribution >= 0.6 is 0 Å². The molecule has 1 aliphatic rings. The Morgan fingerprint density at radius 3 is 2.58 bits per heavy atom. The summed E-state index contributed by atoms with van der Waals surface area (Å²) >= 11 is 0. The number of rotatable bonds is 3. The monoisotopic (exact) mass is 271 g/mol. The molecule has 2 rings (SSSR count). The number of amides is 1. The quantitative estimate of drug-likeness (QED) is 0.569. The van der Waals surface area contributed by atoms with Gasteiger partial charge in [0.25, 0.3) is 5.91 Å². The normalized spacial score (nSPS) is 19.0. The number of nitrogen functional groups attached to an aromatic ring is 1. The molecule has 1 atom stereocenters. The van der Waals surface area contributed by atoms with E-state index in [0.717, 1.165) is 25.0 Å². The summed E-state index contributed by atoms with van der Waals surface area (Å²) in [4.78, 5) is 11.9. The van der Waals surface area contributed by atoms with Crippen molar-refractivity contribution in [3.8, 4) is 0 Å². The average Bonchev–Trinajstić information content (AvgIpc) is 2.39. The van der Waals surface area contributed by atoms with Crippen LogP contribution in [0.1, 0.15) is 23.2 Å². The number of hydrogen-bond acceptors (Lipinski definition) is 4. The molecule has 0 radical (unpaired) electrons. The van der Waals surface area contributed by atoms with Crippen LogP contribution in [0.5, 0.6) is 0 Å². The predicted octanol–water partition coefficient (Wildman–Crippen LogP) is 1.16. The van der Waals surface area contributed by atoms with E-state index in [1.807, 2.05) is 5.43 Å². The van der Waals surface area contributed by atoms with Crippen LogP contribution in [0.3, 0.4) is 0 Å². The van der Waals surface area contributed by atoms with E-state index in [1.165, 1.54) is 0 Å². The van der Waals surface area contributed by atoms with E-state index in [0.29, 0.717) is 13.2 Å². The van der Waals surface area contributed by atoms with E-state index in [4.69, 9.17) is 10.6 Å². The summed E-state index contributed by atoms with van der Waals surface area (Å²) in [6.45, 7) is 1.09. The van der Waals surface area contributed by atoms with Crippen LogP contribution in [0, 0.1) is 11.6 Å². The Hall–Kier alpha value is -1.73. The van der Waals surface area contributed by atoms with Gasteiger partial charge in [-0.05, 0) is 25.0 Å². The van der Waals surface area contributed by atoms with E-state index in [-0.39, 0.29) is 11.6 Å². The zero-order chi connectivity index (χ0) is 13.8. The third-order valence-electron chi connectivity index (χ3n) is 2.94. The molecule has 1 heterocycles. The molecule has 4 N–H and O–H groups in total. The largest absolute Gasteiger partial charge is 0.379 e. The first-order valence-electron chi connectivity index (χ1n) is 5.96. The molecular weight excluding hydrogens is 256 g/mol. The van der Waals surface area contributed by atoms with Crippen LogP contribution < -0.4 is 16.6 Å². The van der Waals surface area contributed by atoms with E-state index in [9.17, 15) is 13.6 Å². The molecule has 0 saturated carbocycles. The van der Waals surface area contributed by atoms with Crippen molar-refractivity contribution in [3.05, 3.63) is 29.3 Å². The number of carbonyl (C=O) groups excluding carboxylic acids is 1. The molecule has 1 saturated heterocycles. The van der Waals surface area contributed by atoms with Gasteiger partial charge in [0.05, 0.1) is 12.6 Å². The van der Waals surface area contributed by atoms with Crippen molar-refractivity contribution in [1.82, 2.24) is 5.32 Å². The SMILES string of the molecule is NNc1c(F)cc(C(=O)NC2CCCOC2)cc1F. The number of anilines is 1. The van der Waals surface area contributed by atoms with Crippen molar-refractivity contribution in [2.24, 2.45) is 5.84 Å². The van der Waals surface area contributed by atoms with Crippen LogP contribution in [0.15, 0.2) is 12.1 Å². The average molecular weight is 271 g/mol. The van der Waals surface area contributed by atoms with Crippen molar-refractivity contribution in [3.63, 3.8) is 0 Å². The first kappa shape index (κ1) is 13.7. The van der Waals surface area contributed by atoms with Crippen molar-refractivity contribution >= 4 is 11.6 Å². The van der Waals surface area contributed by atoms with Gasteiger partial charge in [0.2, 0.25) is 0 Å². The second-order valence-corrected chi connectivity index (χ2v) is 4.35. The zero-order valence-electron chi connectivity index (χ0n) is 10.2. The molecule has 0 bridgehead atoms. The first-order valence-corrected chi connectivity index (χ1v) is 5.96. The molecule has 1 aromatic rings. The molecule has 104 valence electrons. The van der Waals surface area contributed by atoms with Gasteiger partial charge in [-0.25, -0.2) is 8.78 Å². The van der Waals surface area contributed by atoms with E-state index in [2.05, 4.69) is 5.32 Å². The number of carbonyl (C=O) groups is 1. The van der Waals surface area contributed by atoms with E-state index in [1.54, 1.807) is 0 Å². The lowest BCUT2D eigenvalue weighted by Gasteiger charge is -2.23. The molecule has 7 heteroatoms. The Labute approximate surface area is 109 Å². The minimum absolute atomic E-state index is 0.0837. The summed E-state index contributed by atoms with van der Waals surface area (Å²) in [7, 11) is 0. The van der Waals surface area contributed by atoms with Crippen LogP contribution in [0.4, 0.5) is 14.5 Å². The molecule has 0 aromatic heterocycles. The fourth-order valence-electron chi connectivity index (χ4n) is 1.97. The number of hydrogen-bond donors (Lipinski definition) is 3. The number of hydrazine groups is 1. The maximum atomic E-state index is 13.5. The molecule has 19 heavy (non-hydrogen) atoms. The Morgan fingerprint density at radius 1 is 1.37 bits per heavy atom. The van der Waals surface area contributed by atoms with Crippen molar-refractivity contribution in [1.29, 1.82) is 0 Å². The summed E-state index contributed by atoms with van der Waals surface area (Å²) in [5, 5.41) is 2.68. The highest BCUT2D eigenvalue weighted by Crippen LogP contribution is 2.20. The third-order valence-corrected chi connectivity index (χ3v) is 2.94. The molecule has 1 unspecified atom stereocenters. The highest BCUT2D eigenvalue weighted by atomic mass is 19.1. The highest BCUT2D eigenvalue weighted by molar-refractivity contribution is 5.94. The zero-order valence-corrected chi connectivity index (χ0v) is 10.2. The van der Waals surface area contributed by atoms with Gasteiger partial charge >= 0.3 is 0 Å². The molecule has 1 amide bonds. The van der Waals surface area contributed by atoms with Gasteiger partial charge in [0.1, 0.15) is 5.69 Å². The molecule has 1 aromatic carbocycles. The van der Waals surface area contributed by atoms with Gasteiger partial charge < -0.3 is 15.5 Å². The fraction of sp³-hybridized carbons (Fsp3) is 0.417. The second-order valence-electron chi connectivity index (χ2n) is 4.35. The van der Waals surface area contributed by atoms with Gasteiger partial charge in [-0.1, -0.05) is 0 Å². The van der Waals surface area contributed by atoms with Crippen molar-refractivity contribution in [2.45, 2.75) is 18.9 Å². The summed E-state index contributed by atoms with van der Waals surface area (Å²) in [6, 6.07) is 1.76. The minimum atomic E-state index is -0.910. The topological polar surface area (TPSA) is 76.4 Å². The standard InChI is InChI=1S/C12H15F2N3O2/c13-9-4-7(5-10(14)11(9)17-15)12(18)16-8-2-1-3-19-6-8/h4-5,8,17H,1-3,6,15H2,(H,16,18). The lowest BCUT2D eigenvalue weighted by Crippen LogP contribution is -2.40. The van der Waals surface area contributed by atoms with Gasteiger partial charge in [0, 0.05) is 12.2 Å². The van der Waals surface area contributed by atoms with Crippen LogP contribution in [0.25, 0.3) is 0 Å². The summed E-state index contributed by atoms with van der Waals surface area (Å²) < 4.78 is 32.1. The van der Waals surface area contributed by atoms with Crippen LogP contribution in [-0.4, -0.2) is 25.2 Å². The number of nitrogens with one attached hydrogen (secondary N) is 2. The Kier molecular flexibility index (Phi) is 4.28. The summed E-state index contributed by atoms with van der Waals surface area (Å²) in [6.07, 6.45) is 1.64. The number of nitrogens with two attached hydrogens (primary N) is 1. The van der Waals surface area contributed by atoms with Gasteiger partial charge in [-0.15, -0.1) is 0 Å². The Balaban J connectivity index is 2.10. The Morgan fingerprint density at radius 2 is 2.05 bits per heavy atom. The number of halogens is 2. The van der Waals surface area contributed by atoms with Crippen LogP contribution in [0.2, 0.25) is 0 Å². The van der Waals surface area contributed by atoms with Crippen molar-refractivity contribution in [2.75, 3.05) is 18.6 Å². The molecule has 1 aliphatic heterocycles. The van der Waals surface area contributed by atoms with E-state index < -0.39 is 23.2 Å². The van der Waals surface area contributed by atoms with Gasteiger partial charge in [-0.2, -0.15) is 0 Å². The van der Waals surface area contributed by atoms with E-state index >= 15 is 0 Å². The smallest absolute Gasteiger partial charge is 0.251 e. The van der Waals surface area contributed by atoms with Crippen LogP contribution in [-0.2, 0) is 4.74 Å². The molecular formula is C12H15F2N3O2. The van der Waals surface area contributed by atoms with Gasteiger partial charge in [-0.3, -0.25) is 10.6 Å². The maximum absolute atomic E-state index is 13.5. The third kappa shape index (κ3) is 3.18. The first-order chi connectivity index (χ1) is 9.11. The summed E-state index contributed by atoms with van der Waals surface area (Å²) in [5.41, 5.74) is 1.37. The maximum Gasteiger partial charge on any atom is 0.251 e. The highest BCUT2D eigenvalue weighted by Gasteiger charge is 2.19. The van der Waals surface area contributed by atoms with Gasteiger partial charge in [0.15, 0.2) is 11.6 Å². The molecule has 5 nitrogen and oxygen atoms in total. The predicted molar refractivity (Wildman–Crippen MR) is 65.5 cm³/mol. The summed E-state index contributed by atoms with van der Waals surface area (Å²) in [5.74, 6) is 2.63. The lowest BCUT2D eigenvalue weighted by atomic mass is 10.1. The lowest BCUT2D eigenvalue weighted by molar-refractivity contribution is 0.0624. The molecule has 0 aliphatic carbocycles. The Bertz CT molecular complexity index is 453. The number of benzene rings is 1. The molecule has 0 spiro atoms. The van der Waals surface area contributed by atoms with Crippen molar-refractivity contribution < 1.29 is 18.3 Å². The fourth-order valence-corrected chi connectivity index (χ4v) is 1.97. The second kappa shape index (κ2) is 5.94. The number of ether oxygens (including phenoxy) is 1. The minimum Gasteiger partial charge on any atom is -0.379 e.